The molecule has 1 rings (SSSR count). The standard InChI is InChI=1S/C14H25N3O2S/c1-5-7-15-10-13-9-14(11-16-13)20(18,19)17(8-6-2)12(3)4/h6,9,11-12,15-16H,2,5,7-8,10H2,1,3-4H3. The third-order valence-electron chi connectivity index (χ3n) is 2.95. The van der Waals surface area contributed by atoms with E-state index >= 15 is 0 Å². The first kappa shape index (κ1) is 16.9. The molecule has 0 saturated heterocycles. The zero-order valence-corrected chi connectivity index (χ0v) is 13.3. The number of hydrogen-bond donors (Lipinski definition) is 2. The van der Waals surface area contributed by atoms with E-state index in [1.807, 2.05) is 13.8 Å². The number of sulfonamides is 1. The Morgan fingerprint density at radius 2 is 2.20 bits per heavy atom. The summed E-state index contributed by atoms with van der Waals surface area (Å²) < 4.78 is 26.5. The molecule has 0 aliphatic carbocycles. The quantitative estimate of drug-likeness (QED) is 0.542. The van der Waals surface area contributed by atoms with E-state index in [0.717, 1.165) is 18.7 Å². The van der Waals surface area contributed by atoms with Gasteiger partial charge in [0.1, 0.15) is 0 Å². The van der Waals surface area contributed by atoms with E-state index in [0.29, 0.717) is 18.0 Å². The first-order valence-electron chi connectivity index (χ1n) is 6.94. The lowest BCUT2D eigenvalue weighted by atomic mass is 10.4. The second-order valence-corrected chi connectivity index (χ2v) is 6.89. The van der Waals surface area contributed by atoms with E-state index < -0.39 is 10.0 Å². The zero-order chi connectivity index (χ0) is 15.2. The summed E-state index contributed by atoms with van der Waals surface area (Å²) in [5.74, 6) is 0. The highest BCUT2D eigenvalue weighted by Gasteiger charge is 2.26. The van der Waals surface area contributed by atoms with Crippen LogP contribution in [0.5, 0.6) is 0 Å². The molecule has 1 aromatic rings. The zero-order valence-electron chi connectivity index (χ0n) is 12.5. The molecule has 0 aromatic carbocycles. The Hall–Kier alpha value is -1.11. The number of nitrogens with zero attached hydrogens (tertiary/aromatic N) is 1. The minimum atomic E-state index is -3.47. The summed E-state index contributed by atoms with van der Waals surface area (Å²) in [5, 5.41) is 3.24. The van der Waals surface area contributed by atoms with Crippen molar-refractivity contribution in [2.24, 2.45) is 0 Å². The van der Waals surface area contributed by atoms with Gasteiger partial charge in [-0.15, -0.1) is 6.58 Å². The minimum absolute atomic E-state index is 0.102. The van der Waals surface area contributed by atoms with Gasteiger partial charge in [0, 0.05) is 31.0 Å². The van der Waals surface area contributed by atoms with Gasteiger partial charge in [-0.3, -0.25) is 0 Å². The highest BCUT2D eigenvalue weighted by Crippen LogP contribution is 2.19. The molecule has 1 aromatic heterocycles. The SMILES string of the molecule is C=CCN(C(C)C)S(=O)(=O)c1c[nH]c(CNCCC)c1. The van der Waals surface area contributed by atoms with Gasteiger partial charge in [0.2, 0.25) is 10.0 Å². The third-order valence-corrected chi connectivity index (χ3v) is 4.97. The normalized spacial score (nSPS) is 12.2. The number of H-pyrrole nitrogens is 1. The van der Waals surface area contributed by atoms with Gasteiger partial charge in [0.05, 0.1) is 4.90 Å². The Kier molecular flexibility index (Phi) is 6.45. The molecular formula is C14H25N3O2S. The minimum Gasteiger partial charge on any atom is -0.363 e. The van der Waals surface area contributed by atoms with Crippen LogP contribution in [0, 0.1) is 0 Å². The van der Waals surface area contributed by atoms with Crippen molar-refractivity contribution in [3.05, 3.63) is 30.6 Å². The fourth-order valence-electron chi connectivity index (χ4n) is 1.92. The maximum Gasteiger partial charge on any atom is 0.245 e. The molecule has 0 amide bonds. The Labute approximate surface area is 122 Å². The van der Waals surface area contributed by atoms with Gasteiger partial charge >= 0.3 is 0 Å². The van der Waals surface area contributed by atoms with Crippen molar-refractivity contribution in [2.45, 2.75) is 44.7 Å². The maximum absolute atomic E-state index is 12.5. The van der Waals surface area contributed by atoms with Crippen molar-refractivity contribution in [3.63, 3.8) is 0 Å². The van der Waals surface area contributed by atoms with Gasteiger partial charge in [-0.1, -0.05) is 13.0 Å². The molecule has 2 N–H and O–H groups in total. The molecule has 0 saturated carbocycles. The molecular weight excluding hydrogens is 274 g/mol. The first-order chi connectivity index (χ1) is 9.43. The highest BCUT2D eigenvalue weighted by atomic mass is 32.2. The predicted molar refractivity (Wildman–Crippen MR) is 82.0 cm³/mol. The molecule has 0 aliphatic rings. The Bertz CT molecular complexity index is 520. The summed E-state index contributed by atoms with van der Waals surface area (Å²) >= 11 is 0. The average Bonchev–Trinajstić information content (AvgIpc) is 2.85. The molecule has 6 heteroatoms. The number of aromatic amines is 1. The van der Waals surface area contributed by atoms with Crippen LogP contribution in [0.3, 0.4) is 0 Å². The van der Waals surface area contributed by atoms with Crippen LogP contribution in [0.1, 0.15) is 32.9 Å². The molecule has 5 nitrogen and oxygen atoms in total. The molecule has 0 radical (unpaired) electrons. The number of nitrogens with one attached hydrogen (secondary N) is 2. The predicted octanol–water partition coefficient (Wildman–Crippen LogP) is 2.10. The lowest BCUT2D eigenvalue weighted by Gasteiger charge is -2.23. The van der Waals surface area contributed by atoms with Gasteiger partial charge < -0.3 is 10.3 Å². The largest absolute Gasteiger partial charge is 0.363 e. The van der Waals surface area contributed by atoms with E-state index in [-0.39, 0.29) is 6.04 Å². The fourth-order valence-corrected chi connectivity index (χ4v) is 3.55. The van der Waals surface area contributed by atoms with Crippen LogP contribution in [0.2, 0.25) is 0 Å². The second kappa shape index (κ2) is 7.61. The van der Waals surface area contributed by atoms with Crippen LogP contribution in [0.4, 0.5) is 0 Å². The maximum atomic E-state index is 12.5. The molecule has 0 aliphatic heterocycles. The van der Waals surface area contributed by atoms with Crippen molar-refractivity contribution >= 4 is 10.0 Å². The van der Waals surface area contributed by atoms with E-state index in [4.69, 9.17) is 0 Å². The van der Waals surface area contributed by atoms with Crippen molar-refractivity contribution in [1.29, 1.82) is 0 Å². The Balaban J connectivity index is 2.89. The number of aromatic nitrogens is 1. The van der Waals surface area contributed by atoms with Gasteiger partial charge in [0.15, 0.2) is 0 Å². The van der Waals surface area contributed by atoms with Gasteiger partial charge in [-0.2, -0.15) is 4.31 Å². The van der Waals surface area contributed by atoms with E-state index in [9.17, 15) is 8.42 Å². The van der Waals surface area contributed by atoms with Crippen molar-refractivity contribution in [1.82, 2.24) is 14.6 Å². The van der Waals surface area contributed by atoms with Crippen LogP contribution in [-0.2, 0) is 16.6 Å². The third kappa shape index (κ3) is 4.19. The first-order valence-corrected chi connectivity index (χ1v) is 8.38. The molecule has 0 fully saturated rings. The molecule has 114 valence electrons. The van der Waals surface area contributed by atoms with Crippen molar-refractivity contribution in [3.8, 4) is 0 Å². The van der Waals surface area contributed by atoms with Crippen LogP contribution < -0.4 is 5.32 Å². The Morgan fingerprint density at radius 1 is 1.50 bits per heavy atom. The lowest BCUT2D eigenvalue weighted by molar-refractivity contribution is 0.383. The van der Waals surface area contributed by atoms with Gasteiger partial charge in [-0.05, 0) is 32.9 Å². The lowest BCUT2D eigenvalue weighted by Crippen LogP contribution is -2.36. The van der Waals surface area contributed by atoms with Crippen LogP contribution in [0.15, 0.2) is 29.8 Å². The summed E-state index contributed by atoms with van der Waals surface area (Å²) in [4.78, 5) is 3.32. The molecule has 1 heterocycles. The second-order valence-electron chi connectivity index (χ2n) is 4.99. The molecule has 0 spiro atoms. The van der Waals surface area contributed by atoms with Crippen molar-refractivity contribution in [2.75, 3.05) is 13.1 Å². The summed E-state index contributed by atoms with van der Waals surface area (Å²) in [6.45, 7) is 11.3. The van der Waals surface area contributed by atoms with E-state index in [2.05, 4.69) is 23.8 Å². The topological polar surface area (TPSA) is 65.2 Å². The molecule has 0 bridgehead atoms. The van der Waals surface area contributed by atoms with E-state index in [1.165, 1.54) is 4.31 Å². The van der Waals surface area contributed by atoms with Crippen LogP contribution in [0.25, 0.3) is 0 Å². The molecule has 0 atom stereocenters. The summed E-state index contributed by atoms with van der Waals surface area (Å²) in [6, 6.07) is 1.59. The number of rotatable bonds is 9. The summed E-state index contributed by atoms with van der Waals surface area (Å²) in [5.41, 5.74) is 0.874. The highest BCUT2D eigenvalue weighted by molar-refractivity contribution is 7.89. The number of hydrogen-bond acceptors (Lipinski definition) is 3. The molecule has 0 unspecified atom stereocenters. The fraction of sp³-hybridized carbons (Fsp3) is 0.571. The smallest absolute Gasteiger partial charge is 0.245 e. The van der Waals surface area contributed by atoms with Crippen LogP contribution >= 0.6 is 0 Å². The monoisotopic (exact) mass is 299 g/mol. The summed E-state index contributed by atoms with van der Waals surface area (Å²) in [6.07, 6.45) is 4.21. The summed E-state index contributed by atoms with van der Waals surface area (Å²) in [7, 11) is -3.47. The van der Waals surface area contributed by atoms with Crippen molar-refractivity contribution < 1.29 is 8.42 Å². The van der Waals surface area contributed by atoms with E-state index in [1.54, 1.807) is 18.3 Å². The average molecular weight is 299 g/mol. The van der Waals surface area contributed by atoms with Gasteiger partial charge in [-0.25, -0.2) is 8.42 Å². The van der Waals surface area contributed by atoms with Crippen LogP contribution in [-0.4, -0.2) is 36.8 Å². The Morgan fingerprint density at radius 3 is 2.75 bits per heavy atom. The molecule has 20 heavy (non-hydrogen) atoms. The van der Waals surface area contributed by atoms with Gasteiger partial charge in [0.25, 0.3) is 0 Å².